The average Bonchev–Trinajstić information content (AvgIpc) is 2.87. The van der Waals surface area contributed by atoms with Crippen LogP contribution >= 0.6 is 12.2 Å². The molecule has 1 unspecified atom stereocenters. The quantitative estimate of drug-likeness (QED) is 0.831. The van der Waals surface area contributed by atoms with E-state index in [1.807, 2.05) is 0 Å². The predicted molar refractivity (Wildman–Crippen MR) is 71.2 cm³/mol. The third kappa shape index (κ3) is 1.94. The number of ether oxygens (including phenoxy) is 1. The van der Waals surface area contributed by atoms with E-state index in [9.17, 15) is 8.42 Å². The first-order valence-corrected chi connectivity index (χ1v) is 7.54. The Balaban J connectivity index is 2.23. The van der Waals surface area contributed by atoms with Crippen molar-refractivity contribution in [1.29, 1.82) is 0 Å². The molecule has 0 radical (unpaired) electrons. The minimum absolute atomic E-state index is 0.0133. The van der Waals surface area contributed by atoms with Crippen molar-refractivity contribution in [1.82, 2.24) is 19.5 Å². The second kappa shape index (κ2) is 4.14. The molecular weight excluding hydrogens is 288 g/mol. The zero-order valence-corrected chi connectivity index (χ0v) is 11.5. The molecule has 3 heterocycles. The van der Waals surface area contributed by atoms with E-state index in [1.165, 1.54) is 18.8 Å². The highest BCUT2D eigenvalue weighted by Crippen LogP contribution is 2.27. The Bertz CT molecular complexity index is 834. The van der Waals surface area contributed by atoms with Gasteiger partial charge in [0.15, 0.2) is 20.3 Å². The SMILES string of the molecule is COc1ncnc2c1[nH]c(=S)n2C1C=CS(=O)(=O)C1. The third-order valence-corrected chi connectivity index (χ3v) is 4.58. The number of hydrogen-bond acceptors (Lipinski definition) is 6. The first-order chi connectivity index (χ1) is 9.02. The fourth-order valence-corrected chi connectivity index (χ4v) is 3.69. The molecule has 1 aliphatic heterocycles. The van der Waals surface area contributed by atoms with Crippen molar-refractivity contribution in [2.24, 2.45) is 0 Å². The van der Waals surface area contributed by atoms with E-state index in [1.54, 1.807) is 10.6 Å². The van der Waals surface area contributed by atoms with Crippen molar-refractivity contribution >= 4 is 33.2 Å². The highest BCUT2D eigenvalue weighted by atomic mass is 32.2. The molecule has 1 N–H and O–H groups in total. The van der Waals surface area contributed by atoms with Crippen molar-refractivity contribution in [2.75, 3.05) is 12.9 Å². The first-order valence-electron chi connectivity index (χ1n) is 5.42. The maximum atomic E-state index is 11.5. The molecule has 0 saturated carbocycles. The smallest absolute Gasteiger partial charge is 0.242 e. The lowest BCUT2D eigenvalue weighted by Crippen LogP contribution is -2.12. The van der Waals surface area contributed by atoms with Crippen molar-refractivity contribution in [2.45, 2.75) is 6.04 Å². The molecular formula is C10H10N4O3S2. The van der Waals surface area contributed by atoms with Gasteiger partial charge in [-0.1, -0.05) is 0 Å². The fourth-order valence-electron chi connectivity index (χ4n) is 2.10. The number of rotatable bonds is 2. The van der Waals surface area contributed by atoms with Gasteiger partial charge in [-0.2, -0.15) is 4.98 Å². The summed E-state index contributed by atoms with van der Waals surface area (Å²) in [6.07, 6.45) is 2.96. The summed E-state index contributed by atoms with van der Waals surface area (Å²) in [7, 11) is -1.66. The standard InChI is InChI=1S/C10H10N4O3S2/c1-17-9-7-8(11-5-12-9)14(10(18)13-7)6-2-3-19(15,16)4-6/h2-3,5-6H,4H2,1H3,(H,13,18). The lowest BCUT2D eigenvalue weighted by molar-refractivity contribution is 0.401. The Morgan fingerprint density at radius 3 is 2.95 bits per heavy atom. The van der Waals surface area contributed by atoms with Crippen LogP contribution in [0.25, 0.3) is 11.2 Å². The Kier molecular flexibility index (Phi) is 2.68. The molecule has 2 aromatic heterocycles. The first kappa shape index (κ1) is 12.3. The van der Waals surface area contributed by atoms with Crippen LogP contribution in [0, 0.1) is 4.77 Å². The third-order valence-electron chi connectivity index (χ3n) is 2.91. The lowest BCUT2D eigenvalue weighted by atomic mass is 10.3. The Hall–Kier alpha value is -1.74. The molecule has 0 fully saturated rings. The number of aromatic amines is 1. The van der Waals surface area contributed by atoms with E-state index in [0.29, 0.717) is 21.8 Å². The summed E-state index contributed by atoms with van der Waals surface area (Å²) in [5, 5.41) is 1.21. The van der Waals surface area contributed by atoms with Gasteiger partial charge in [-0.15, -0.1) is 0 Å². The predicted octanol–water partition coefficient (Wildman–Crippen LogP) is 0.981. The van der Waals surface area contributed by atoms with Gasteiger partial charge in [0.1, 0.15) is 11.8 Å². The average molecular weight is 298 g/mol. The maximum absolute atomic E-state index is 11.5. The number of allylic oxidation sites excluding steroid dienone is 1. The number of nitrogens with zero attached hydrogens (tertiary/aromatic N) is 3. The topological polar surface area (TPSA) is 89.9 Å². The van der Waals surface area contributed by atoms with Crippen LogP contribution in [0.3, 0.4) is 0 Å². The second-order valence-electron chi connectivity index (χ2n) is 4.11. The van der Waals surface area contributed by atoms with Gasteiger partial charge in [-0.3, -0.25) is 4.57 Å². The Labute approximate surface area is 113 Å². The largest absolute Gasteiger partial charge is 0.479 e. The molecule has 2 aromatic rings. The Morgan fingerprint density at radius 2 is 2.32 bits per heavy atom. The number of imidazole rings is 1. The van der Waals surface area contributed by atoms with Crippen molar-refractivity contribution < 1.29 is 13.2 Å². The van der Waals surface area contributed by atoms with Gasteiger partial charge in [-0.05, 0) is 18.3 Å². The van der Waals surface area contributed by atoms with Gasteiger partial charge in [0.25, 0.3) is 0 Å². The number of nitrogens with one attached hydrogen (secondary N) is 1. The molecule has 0 bridgehead atoms. The monoisotopic (exact) mass is 298 g/mol. The van der Waals surface area contributed by atoms with Crippen molar-refractivity contribution in [3.8, 4) is 5.88 Å². The van der Waals surface area contributed by atoms with Gasteiger partial charge >= 0.3 is 0 Å². The van der Waals surface area contributed by atoms with Crippen LogP contribution in [0.5, 0.6) is 5.88 Å². The molecule has 1 atom stereocenters. The second-order valence-corrected chi connectivity index (χ2v) is 6.43. The molecule has 0 spiro atoms. The minimum atomic E-state index is -3.16. The van der Waals surface area contributed by atoms with E-state index in [4.69, 9.17) is 17.0 Å². The molecule has 9 heteroatoms. The van der Waals surface area contributed by atoms with E-state index in [0.717, 1.165) is 0 Å². The zero-order chi connectivity index (χ0) is 13.6. The molecule has 3 rings (SSSR count). The summed E-state index contributed by atoms with van der Waals surface area (Å²) < 4.78 is 30.2. The number of H-pyrrole nitrogens is 1. The minimum Gasteiger partial charge on any atom is -0.479 e. The summed E-state index contributed by atoms with van der Waals surface area (Å²) in [5.74, 6) is 0.361. The van der Waals surface area contributed by atoms with Gasteiger partial charge in [0.2, 0.25) is 5.88 Å². The summed E-state index contributed by atoms with van der Waals surface area (Å²) in [6, 6.07) is -0.356. The van der Waals surface area contributed by atoms with Crippen LogP contribution in [0.1, 0.15) is 6.04 Å². The van der Waals surface area contributed by atoms with Crippen LogP contribution in [0.4, 0.5) is 0 Å². The van der Waals surface area contributed by atoms with E-state index < -0.39 is 9.84 Å². The van der Waals surface area contributed by atoms with Gasteiger partial charge in [-0.25, -0.2) is 13.4 Å². The summed E-state index contributed by atoms with van der Waals surface area (Å²) in [4.78, 5) is 11.1. The number of sulfone groups is 1. The highest BCUT2D eigenvalue weighted by molar-refractivity contribution is 7.94. The maximum Gasteiger partial charge on any atom is 0.242 e. The summed E-state index contributed by atoms with van der Waals surface area (Å²) in [5.41, 5.74) is 1.09. The summed E-state index contributed by atoms with van der Waals surface area (Å²) >= 11 is 5.23. The van der Waals surface area contributed by atoms with Crippen LogP contribution in [0.15, 0.2) is 17.8 Å². The van der Waals surface area contributed by atoms with Crippen LogP contribution in [-0.4, -0.2) is 40.8 Å². The molecule has 1 aliphatic rings. The van der Waals surface area contributed by atoms with Crippen molar-refractivity contribution in [3.05, 3.63) is 22.6 Å². The van der Waals surface area contributed by atoms with Gasteiger partial charge in [0.05, 0.1) is 18.9 Å². The zero-order valence-electron chi connectivity index (χ0n) is 9.90. The van der Waals surface area contributed by atoms with E-state index in [2.05, 4.69) is 15.0 Å². The summed E-state index contributed by atoms with van der Waals surface area (Å²) in [6.45, 7) is 0. The molecule has 0 amide bonds. The molecule has 7 nitrogen and oxygen atoms in total. The van der Waals surface area contributed by atoms with Crippen LogP contribution in [0.2, 0.25) is 0 Å². The van der Waals surface area contributed by atoms with Gasteiger partial charge < -0.3 is 9.72 Å². The highest BCUT2D eigenvalue weighted by Gasteiger charge is 2.26. The van der Waals surface area contributed by atoms with E-state index in [-0.39, 0.29) is 11.8 Å². The van der Waals surface area contributed by atoms with Crippen LogP contribution in [-0.2, 0) is 9.84 Å². The van der Waals surface area contributed by atoms with E-state index >= 15 is 0 Å². The molecule has 0 aromatic carbocycles. The Morgan fingerprint density at radius 1 is 1.53 bits per heavy atom. The van der Waals surface area contributed by atoms with Crippen molar-refractivity contribution in [3.63, 3.8) is 0 Å². The number of hydrogen-bond donors (Lipinski definition) is 1. The fraction of sp³-hybridized carbons (Fsp3) is 0.300. The number of aromatic nitrogens is 4. The normalized spacial score (nSPS) is 21.0. The molecule has 0 saturated heterocycles. The lowest BCUT2D eigenvalue weighted by Gasteiger charge is -2.09. The van der Waals surface area contributed by atoms with Crippen LogP contribution < -0.4 is 4.74 Å². The molecule has 0 aliphatic carbocycles. The number of methoxy groups -OCH3 is 1. The molecule has 100 valence electrons. The number of fused-ring (bicyclic) bond motifs is 1. The van der Waals surface area contributed by atoms with Gasteiger partial charge in [0, 0.05) is 5.41 Å². The molecule has 19 heavy (non-hydrogen) atoms.